The molecule has 0 spiro atoms. The predicted molar refractivity (Wildman–Crippen MR) is 155 cm³/mol. The molecule has 0 saturated heterocycles. The summed E-state index contributed by atoms with van der Waals surface area (Å²) in [6.45, 7) is 9.36. The number of nitrogens with zero attached hydrogens (tertiary/aromatic N) is 3. The molecule has 1 atom stereocenters. The maximum Gasteiger partial charge on any atom is 0.304 e. The summed E-state index contributed by atoms with van der Waals surface area (Å²) in [6, 6.07) is 9.51. The highest BCUT2D eigenvalue weighted by Gasteiger charge is 2.34. The molecule has 0 aromatic heterocycles. The monoisotopic (exact) mass is 584 g/mol. The smallest absolute Gasteiger partial charge is 0.304 e. The maximum absolute atomic E-state index is 14.0. The summed E-state index contributed by atoms with van der Waals surface area (Å²) < 4.78 is 29.0. The van der Waals surface area contributed by atoms with Crippen LogP contribution in [0.3, 0.4) is 0 Å². The van der Waals surface area contributed by atoms with Gasteiger partial charge in [-0.25, -0.2) is 4.31 Å². The van der Waals surface area contributed by atoms with Gasteiger partial charge in [-0.3, -0.25) is 9.59 Å². The van der Waals surface area contributed by atoms with Crippen molar-refractivity contribution < 1.29 is 18.0 Å². The van der Waals surface area contributed by atoms with Gasteiger partial charge in [-0.05, 0) is 61.1 Å². The number of hydrogen-bond acceptors (Lipinski definition) is 4. The molecule has 2 aromatic carbocycles. The highest BCUT2D eigenvalue weighted by atomic mass is 35.5. The first-order valence-corrected chi connectivity index (χ1v) is 14.6. The average Bonchev–Trinajstić information content (AvgIpc) is 2.83. The van der Waals surface area contributed by atoms with Gasteiger partial charge in [0.15, 0.2) is 0 Å². The topological polar surface area (TPSA) is 90.0 Å². The molecule has 0 heterocycles. The Hall–Kier alpha value is -2.33. The summed E-state index contributed by atoms with van der Waals surface area (Å²) in [7, 11) is -1.22. The number of aryl methyl sites for hydroxylation is 2. The normalized spacial score (nSPS) is 12.5. The van der Waals surface area contributed by atoms with E-state index in [2.05, 4.69) is 5.32 Å². The van der Waals surface area contributed by atoms with Crippen molar-refractivity contribution in [3.8, 4) is 0 Å². The lowest BCUT2D eigenvalue weighted by Crippen LogP contribution is -2.53. The first-order valence-electron chi connectivity index (χ1n) is 12.5. The van der Waals surface area contributed by atoms with Crippen molar-refractivity contribution in [1.82, 2.24) is 14.5 Å². The van der Waals surface area contributed by atoms with Crippen LogP contribution in [0.1, 0.15) is 43.9 Å². The summed E-state index contributed by atoms with van der Waals surface area (Å²) >= 11 is 12.5. The molecule has 11 heteroatoms. The Bertz CT molecular complexity index is 1250. The van der Waals surface area contributed by atoms with Gasteiger partial charge in [-0.15, -0.1) is 0 Å². The molecule has 210 valence electrons. The Morgan fingerprint density at radius 1 is 1.03 bits per heavy atom. The van der Waals surface area contributed by atoms with Crippen LogP contribution in [-0.4, -0.2) is 62.7 Å². The van der Waals surface area contributed by atoms with Crippen LogP contribution in [0, 0.1) is 19.8 Å². The van der Waals surface area contributed by atoms with E-state index in [0.29, 0.717) is 39.8 Å². The standard InChI is InChI=1S/C27H38Cl2N4O4S/c1-8-24(27(35)30-15-18(2)3)32(16-21-11-12-22(28)14-23(21)29)26(34)17-33(38(36,37)31(6)7)25-13-19(4)9-10-20(25)5/h9-14,18,24H,8,15-17H2,1-7H3,(H,30,35). The van der Waals surface area contributed by atoms with Crippen molar-refractivity contribution in [2.45, 2.75) is 53.6 Å². The summed E-state index contributed by atoms with van der Waals surface area (Å²) in [5.74, 6) is -0.626. The second-order valence-electron chi connectivity index (χ2n) is 9.91. The van der Waals surface area contributed by atoms with Crippen LogP contribution in [0.2, 0.25) is 10.0 Å². The zero-order chi connectivity index (χ0) is 28.8. The molecule has 1 unspecified atom stereocenters. The Kier molecular flexibility index (Phi) is 11.4. The fourth-order valence-corrected chi connectivity index (χ4v) is 5.45. The fraction of sp³-hybridized carbons (Fsp3) is 0.481. The molecule has 1 N–H and O–H groups in total. The lowest BCUT2D eigenvalue weighted by Gasteiger charge is -2.34. The van der Waals surface area contributed by atoms with Gasteiger partial charge in [-0.1, -0.05) is 62.2 Å². The van der Waals surface area contributed by atoms with Crippen molar-refractivity contribution in [2.75, 3.05) is 31.5 Å². The molecule has 2 amide bonds. The lowest BCUT2D eigenvalue weighted by atomic mass is 10.1. The Morgan fingerprint density at radius 2 is 1.68 bits per heavy atom. The maximum atomic E-state index is 14.0. The molecule has 0 aliphatic heterocycles. The van der Waals surface area contributed by atoms with E-state index in [4.69, 9.17) is 23.2 Å². The number of nitrogens with one attached hydrogen (secondary N) is 1. The van der Waals surface area contributed by atoms with E-state index in [9.17, 15) is 18.0 Å². The SMILES string of the molecule is CCC(C(=O)NCC(C)C)N(Cc1ccc(Cl)cc1Cl)C(=O)CN(c1cc(C)ccc1C)S(=O)(=O)N(C)C. The molecule has 0 aliphatic rings. The molecule has 2 aromatic rings. The third kappa shape index (κ3) is 8.09. The van der Waals surface area contributed by atoms with E-state index in [1.165, 1.54) is 19.0 Å². The molecule has 0 aliphatic carbocycles. The van der Waals surface area contributed by atoms with Crippen LogP contribution in [0.15, 0.2) is 36.4 Å². The number of rotatable bonds is 12. The van der Waals surface area contributed by atoms with Crippen molar-refractivity contribution in [1.29, 1.82) is 0 Å². The highest BCUT2D eigenvalue weighted by molar-refractivity contribution is 7.90. The third-order valence-electron chi connectivity index (χ3n) is 6.08. The molecule has 2 rings (SSSR count). The van der Waals surface area contributed by atoms with Crippen molar-refractivity contribution in [2.24, 2.45) is 5.92 Å². The van der Waals surface area contributed by atoms with Crippen LogP contribution in [-0.2, 0) is 26.3 Å². The van der Waals surface area contributed by atoms with E-state index in [0.717, 1.165) is 14.2 Å². The molecule has 0 fully saturated rings. The summed E-state index contributed by atoms with van der Waals surface area (Å²) in [4.78, 5) is 28.6. The minimum Gasteiger partial charge on any atom is -0.354 e. The fourth-order valence-electron chi connectivity index (χ4n) is 3.87. The molecular formula is C27H38Cl2N4O4S. The summed E-state index contributed by atoms with van der Waals surface area (Å²) in [6.07, 6.45) is 0.324. The zero-order valence-corrected chi connectivity index (χ0v) is 25.4. The van der Waals surface area contributed by atoms with Gasteiger partial charge >= 0.3 is 10.2 Å². The first-order chi connectivity index (χ1) is 17.7. The Labute approximate surface area is 237 Å². The minimum atomic E-state index is -4.05. The van der Waals surface area contributed by atoms with Crippen molar-refractivity contribution >= 4 is 50.9 Å². The lowest BCUT2D eigenvalue weighted by molar-refractivity contribution is -0.140. The first kappa shape index (κ1) is 31.9. The molecule has 38 heavy (non-hydrogen) atoms. The second kappa shape index (κ2) is 13.6. The second-order valence-corrected chi connectivity index (χ2v) is 12.8. The van der Waals surface area contributed by atoms with Gasteiger partial charge in [0, 0.05) is 37.2 Å². The Morgan fingerprint density at radius 3 is 2.24 bits per heavy atom. The van der Waals surface area contributed by atoms with Crippen LogP contribution >= 0.6 is 23.2 Å². The van der Waals surface area contributed by atoms with Crippen LogP contribution < -0.4 is 9.62 Å². The van der Waals surface area contributed by atoms with Crippen molar-refractivity contribution in [3.05, 3.63) is 63.1 Å². The molecule has 0 saturated carbocycles. The average molecular weight is 586 g/mol. The van der Waals surface area contributed by atoms with Crippen LogP contribution in [0.4, 0.5) is 5.69 Å². The third-order valence-corrected chi connectivity index (χ3v) is 8.47. The number of hydrogen-bond donors (Lipinski definition) is 1. The van der Waals surface area contributed by atoms with Gasteiger partial charge in [0.2, 0.25) is 11.8 Å². The number of halogens is 2. The number of carbonyl (C=O) groups is 2. The molecule has 0 radical (unpaired) electrons. The molecular weight excluding hydrogens is 547 g/mol. The summed E-state index contributed by atoms with van der Waals surface area (Å²) in [5.41, 5.74) is 2.53. The van der Waals surface area contributed by atoms with Gasteiger partial charge in [-0.2, -0.15) is 12.7 Å². The quantitative estimate of drug-likeness (QED) is 0.388. The van der Waals surface area contributed by atoms with E-state index < -0.39 is 28.7 Å². The van der Waals surface area contributed by atoms with Crippen LogP contribution in [0.5, 0.6) is 0 Å². The zero-order valence-electron chi connectivity index (χ0n) is 23.1. The van der Waals surface area contributed by atoms with E-state index >= 15 is 0 Å². The van der Waals surface area contributed by atoms with Gasteiger partial charge < -0.3 is 10.2 Å². The highest BCUT2D eigenvalue weighted by Crippen LogP contribution is 2.27. The number of amides is 2. The number of carbonyl (C=O) groups excluding carboxylic acids is 2. The van der Waals surface area contributed by atoms with Crippen molar-refractivity contribution in [3.63, 3.8) is 0 Å². The predicted octanol–water partition coefficient (Wildman–Crippen LogP) is 4.80. The van der Waals surface area contributed by atoms with E-state index in [1.54, 1.807) is 31.2 Å². The van der Waals surface area contributed by atoms with Gasteiger partial charge in [0.25, 0.3) is 0 Å². The van der Waals surface area contributed by atoms with E-state index in [1.807, 2.05) is 39.8 Å². The van der Waals surface area contributed by atoms with Gasteiger partial charge in [0.05, 0.1) is 5.69 Å². The van der Waals surface area contributed by atoms with Crippen LogP contribution in [0.25, 0.3) is 0 Å². The largest absolute Gasteiger partial charge is 0.354 e. The van der Waals surface area contributed by atoms with E-state index in [-0.39, 0.29) is 18.4 Å². The minimum absolute atomic E-state index is 0.00505. The number of benzene rings is 2. The molecule has 8 nitrogen and oxygen atoms in total. The van der Waals surface area contributed by atoms with Gasteiger partial charge in [0.1, 0.15) is 12.6 Å². The molecule has 0 bridgehead atoms. The Balaban J connectivity index is 2.57. The summed E-state index contributed by atoms with van der Waals surface area (Å²) in [5, 5.41) is 3.69. The number of anilines is 1.